The molecule has 0 unspecified atom stereocenters. The van der Waals surface area contributed by atoms with Gasteiger partial charge in [0.05, 0.1) is 6.10 Å². The lowest BCUT2D eigenvalue weighted by molar-refractivity contribution is -0.239. The van der Waals surface area contributed by atoms with Crippen LogP contribution in [0.4, 0.5) is 0 Å². The highest BCUT2D eigenvalue weighted by Gasteiger charge is 2.67. The van der Waals surface area contributed by atoms with E-state index < -0.39 is 0 Å². The molecule has 1 spiro atoms. The molecule has 0 heterocycles. The highest BCUT2D eigenvalue weighted by Crippen LogP contribution is 2.72. The molecule has 0 aromatic rings. The molecule has 0 aromatic carbocycles. The van der Waals surface area contributed by atoms with Crippen LogP contribution in [0.25, 0.3) is 0 Å². The Morgan fingerprint density at radius 3 is 2.54 bits per heavy atom. The molecular weight excluding hydrogens is 314 g/mol. The minimum Gasteiger partial charge on any atom is -0.392 e. The quantitative estimate of drug-likeness (QED) is 0.796. The molecule has 0 amide bonds. The van der Waals surface area contributed by atoms with Gasteiger partial charge in [-0.15, -0.1) is 0 Å². The second-order valence-electron chi connectivity index (χ2n) is 10.2. The standard InChI is InChI=1S/C21H37NOS/c1-19(13-22)7-4-8-20(2)16(19)6-10-21-9-5-14(11-17(20)21)15(12-24-3)18(21)23/h14-18,23H,4-13,22H2,1-3H3/t14-,15-,16+,17-,18+,19-,20+,21-/m0/s1. The number of rotatable bonds is 3. The van der Waals surface area contributed by atoms with E-state index in [4.69, 9.17) is 5.73 Å². The molecule has 5 rings (SSSR count). The summed E-state index contributed by atoms with van der Waals surface area (Å²) in [4.78, 5) is 0. The summed E-state index contributed by atoms with van der Waals surface area (Å²) in [6, 6.07) is 0. The predicted octanol–water partition coefficient (Wildman–Crippen LogP) is 4.31. The smallest absolute Gasteiger partial charge is 0.0637 e. The number of aliphatic hydroxyl groups is 1. The number of fused-ring (bicyclic) bond motifs is 3. The van der Waals surface area contributed by atoms with Gasteiger partial charge in [-0.05, 0) is 103 Å². The molecule has 0 aromatic heterocycles. The topological polar surface area (TPSA) is 46.2 Å². The SMILES string of the molecule is CSC[C@H]1[C@H]2CC[C@@]3(CC[C@@H]4[C@](C)(CN)CCC[C@@]4(C)[C@@H]3C2)[C@@H]1O. The Morgan fingerprint density at radius 1 is 1.08 bits per heavy atom. The number of hydrogen-bond acceptors (Lipinski definition) is 3. The largest absolute Gasteiger partial charge is 0.392 e. The van der Waals surface area contributed by atoms with Crippen molar-refractivity contribution in [2.75, 3.05) is 18.6 Å². The van der Waals surface area contributed by atoms with Crippen LogP contribution in [0.1, 0.15) is 65.2 Å². The molecule has 0 saturated heterocycles. The minimum atomic E-state index is -0.0497. The van der Waals surface area contributed by atoms with Crippen LogP contribution < -0.4 is 5.73 Å². The van der Waals surface area contributed by atoms with Crippen LogP contribution in [0.2, 0.25) is 0 Å². The molecule has 5 saturated carbocycles. The molecular formula is C21H37NOS. The van der Waals surface area contributed by atoms with Gasteiger partial charge in [0.25, 0.3) is 0 Å². The monoisotopic (exact) mass is 351 g/mol. The first kappa shape index (κ1) is 17.7. The van der Waals surface area contributed by atoms with E-state index in [0.717, 1.165) is 30.1 Å². The predicted molar refractivity (Wildman–Crippen MR) is 103 cm³/mol. The molecule has 3 N–H and O–H groups in total. The number of thioether (sulfide) groups is 1. The van der Waals surface area contributed by atoms with Crippen molar-refractivity contribution in [1.29, 1.82) is 0 Å². The Hall–Kier alpha value is 0.270. The maximum atomic E-state index is 11.4. The van der Waals surface area contributed by atoms with Gasteiger partial charge in [0.15, 0.2) is 0 Å². The molecule has 3 heteroatoms. The summed E-state index contributed by atoms with van der Waals surface area (Å²) in [5.74, 6) is 3.98. The fourth-order valence-electron chi connectivity index (χ4n) is 8.27. The van der Waals surface area contributed by atoms with E-state index >= 15 is 0 Å². The second-order valence-corrected chi connectivity index (χ2v) is 11.1. The average Bonchev–Trinajstić information content (AvgIpc) is 2.58. The molecule has 5 fully saturated rings. The van der Waals surface area contributed by atoms with E-state index in [9.17, 15) is 5.11 Å². The third-order valence-corrected chi connectivity index (χ3v) is 10.2. The molecule has 0 aliphatic heterocycles. The van der Waals surface area contributed by atoms with Gasteiger partial charge in [-0.1, -0.05) is 20.3 Å². The van der Waals surface area contributed by atoms with E-state index in [1.165, 1.54) is 51.4 Å². The van der Waals surface area contributed by atoms with Crippen molar-refractivity contribution in [1.82, 2.24) is 0 Å². The van der Waals surface area contributed by atoms with Gasteiger partial charge in [-0.3, -0.25) is 0 Å². The van der Waals surface area contributed by atoms with Crippen molar-refractivity contribution < 1.29 is 5.11 Å². The zero-order chi connectivity index (χ0) is 17.2. The van der Waals surface area contributed by atoms with Gasteiger partial charge < -0.3 is 10.8 Å². The van der Waals surface area contributed by atoms with E-state index in [-0.39, 0.29) is 11.5 Å². The van der Waals surface area contributed by atoms with Gasteiger partial charge in [0.1, 0.15) is 0 Å². The van der Waals surface area contributed by atoms with Gasteiger partial charge in [-0.25, -0.2) is 0 Å². The molecule has 5 aliphatic carbocycles. The highest BCUT2D eigenvalue weighted by molar-refractivity contribution is 7.98. The third kappa shape index (κ3) is 2.16. The van der Waals surface area contributed by atoms with E-state index in [1.807, 2.05) is 11.8 Å². The van der Waals surface area contributed by atoms with E-state index in [2.05, 4.69) is 20.1 Å². The molecule has 0 radical (unpaired) electrons. The summed E-state index contributed by atoms with van der Waals surface area (Å²) in [5.41, 5.74) is 7.25. The van der Waals surface area contributed by atoms with Gasteiger partial charge in [0.2, 0.25) is 0 Å². The number of nitrogens with two attached hydrogens (primary N) is 1. The van der Waals surface area contributed by atoms with Gasteiger partial charge in [-0.2, -0.15) is 11.8 Å². The van der Waals surface area contributed by atoms with Crippen molar-refractivity contribution in [3.63, 3.8) is 0 Å². The molecule has 138 valence electrons. The van der Waals surface area contributed by atoms with Crippen LogP contribution in [0.3, 0.4) is 0 Å². The lowest BCUT2D eigenvalue weighted by atomic mass is 9.35. The zero-order valence-electron chi connectivity index (χ0n) is 15.9. The van der Waals surface area contributed by atoms with Crippen LogP contribution in [-0.2, 0) is 0 Å². The van der Waals surface area contributed by atoms with Crippen molar-refractivity contribution in [2.24, 2.45) is 45.7 Å². The van der Waals surface area contributed by atoms with Crippen LogP contribution in [0.5, 0.6) is 0 Å². The summed E-state index contributed by atoms with van der Waals surface area (Å²) >= 11 is 1.94. The Kier molecular flexibility index (Phi) is 4.34. The van der Waals surface area contributed by atoms with Crippen LogP contribution >= 0.6 is 11.8 Å². The van der Waals surface area contributed by atoms with E-state index in [1.54, 1.807) is 0 Å². The normalized spacial score (nSPS) is 56.6. The fourth-order valence-corrected chi connectivity index (χ4v) is 9.11. The van der Waals surface area contributed by atoms with Crippen molar-refractivity contribution >= 4 is 11.8 Å². The zero-order valence-corrected chi connectivity index (χ0v) is 16.7. The van der Waals surface area contributed by atoms with E-state index in [0.29, 0.717) is 16.7 Å². The first-order valence-electron chi connectivity index (χ1n) is 10.3. The Morgan fingerprint density at radius 2 is 1.83 bits per heavy atom. The average molecular weight is 352 g/mol. The molecule has 8 atom stereocenters. The number of hydrogen-bond donors (Lipinski definition) is 2. The van der Waals surface area contributed by atoms with Gasteiger partial charge >= 0.3 is 0 Å². The van der Waals surface area contributed by atoms with Crippen LogP contribution in [0.15, 0.2) is 0 Å². The van der Waals surface area contributed by atoms with Crippen molar-refractivity contribution in [2.45, 2.75) is 71.3 Å². The molecule has 2 bridgehead atoms. The second kappa shape index (κ2) is 5.89. The first-order chi connectivity index (χ1) is 11.4. The minimum absolute atomic E-state index is 0.0497. The van der Waals surface area contributed by atoms with Crippen molar-refractivity contribution in [3.8, 4) is 0 Å². The lowest BCUT2D eigenvalue weighted by Gasteiger charge is -2.70. The Balaban J connectivity index is 1.70. The third-order valence-electron chi connectivity index (χ3n) is 9.43. The summed E-state index contributed by atoms with van der Waals surface area (Å²) in [6.07, 6.45) is 12.8. The lowest BCUT2D eigenvalue weighted by Crippen LogP contribution is -2.67. The maximum absolute atomic E-state index is 11.4. The van der Waals surface area contributed by atoms with Crippen LogP contribution in [-0.4, -0.2) is 29.8 Å². The summed E-state index contributed by atoms with van der Waals surface area (Å²) < 4.78 is 0. The maximum Gasteiger partial charge on any atom is 0.0637 e. The Bertz CT molecular complexity index is 498. The first-order valence-corrected chi connectivity index (χ1v) is 11.7. The number of aliphatic hydroxyl groups excluding tert-OH is 1. The molecule has 24 heavy (non-hydrogen) atoms. The Labute approximate surface area is 152 Å². The summed E-state index contributed by atoms with van der Waals surface area (Å²) in [6.45, 7) is 5.89. The highest BCUT2D eigenvalue weighted by atomic mass is 32.2. The molecule has 2 nitrogen and oxygen atoms in total. The van der Waals surface area contributed by atoms with Crippen LogP contribution in [0, 0.1) is 39.9 Å². The summed E-state index contributed by atoms with van der Waals surface area (Å²) in [7, 11) is 0. The summed E-state index contributed by atoms with van der Waals surface area (Å²) in [5, 5.41) is 11.4. The van der Waals surface area contributed by atoms with Crippen molar-refractivity contribution in [3.05, 3.63) is 0 Å². The fraction of sp³-hybridized carbons (Fsp3) is 1.00. The molecule has 5 aliphatic rings. The van der Waals surface area contributed by atoms with Gasteiger partial charge in [0, 0.05) is 0 Å².